The number of aliphatic hydroxyl groups is 1. The van der Waals surface area contributed by atoms with Gasteiger partial charge in [-0.05, 0) is 31.9 Å². The smallest absolute Gasteiger partial charge is 0.253 e. The normalized spacial score (nSPS) is 12.2. The van der Waals surface area contributed by atoms with E-state index in [-0.39, 0.29) is 18.6 Å². The standard InChI is InChI=1S/C11H16N2O2/c1-8-5-10(7-12-6-8)11(15)13-9(2)3-4-14/h5-7,9,14H,3-4H2,1-2H3,(H,13,15)/t9-/m1/s1. The number of hydrogen-bond acceptors (Lipinski definition) is 3. The monoisotopic (exact) mass is 208 g/mol. The quantitative estimate of drug-likeness (QED) is 0.772. The fourth-order valence-corrected chi connectivity index (χ4v) is 1.25. The molecule has 4 nitrogen and oxygen atoms in total. The number of carbonyl (C=O) groups is 1. The van der Waals surface area contributed by atoms with E-state index in [1.807, 2.05) is 13.8 Å². The van der Waals surface area contributed by atoms with Gasteiger partial charge in [-0.3, -0.25) is 9.78 Å². The number of carbonyl (C=O) groups excluding carboxylic acids is 1. The zero-order chi connectivity index (χ0) is 11.3. The first-order valence-corrected chi connectivity index (χ1v) is 4.97. The second-order valence-corrected chi connectivity index (χ2v) is 3.64. The van der Waals surface area contributed by atoms with E-state index in [0.717, 1.165) is 5.56 Å². The Balaban J connectivity index is 2.61. The fourth-order valence-electron chi connectivity index (χ4n) is 1.25. The first kappa shape index (κ1) is 11.7. The lowest BCUT2D eigenvalue weighted by Gasteiger charge is -2.12. The summed E-state index contributed by atoms with van der Waals surface area (Å²) in [6.45, 7) is 3.83. The lowest BCUT2D eigenvalue weighted by atomic mass is 10.2. The molecule has 1 heterocycles. The minimum absolute atomic E-state index is 0.0250. The van der Waals surface area contributed by atoms with Gasteiger partial charge >= 0.3 is 0 Å². The van der Waals surface area contributed by atoms with Gasteiger partial charge in [0.05, 0.1) is 5.56 Å². The number of aromatic nitrogens is 1. The first-order chi connectivity index (χ1) is 7.13. The van der Waals surface area contributed by atoms with Gasteiger partial charge in [0.25, 0.3) is 5.91 Å². The molecular formula is C11H16N2O2. The summed E-state index contributed by atoms with van der Waals surface area (Å²) in [7, 11) is 0. The maximum Gasteiger partial charge on any atom is 0.253 e. The molecule has 82 valence electrons. The molecular weight excluding hydrogens is 192 g/mol. The van der Waals surface area contributed by atoms with E-state index < -0.39 is 0 Å². The van der Waals surface area contributed by atoms with Crippen LogP contribution in [0, 0.1) is 6.92 Å². The van der Waals surface area contributed by atoms with Gasteiger partial charge in [0, 0.05) is 25.0 Å². The molecule has 0 aromatic carbocycles. The van der Waals surface area contributed by atoms with Crippen LogP contribution >= 0.6 is 0 Å². The zero-order valence-corrected chi connectivity index (χ0v) is 9.03. The van der Waals surface area contributed by atoms with Crippen molar-refractivity contribution in [3.05, 3.63) is 29.6 Å². The molecule has 4 heteroatoms. The molecule has 1 atom stereocenters. The highest BCUT2D eigenvalue weighted by molar-refractivity contribution is 5.94. The van der Waals surface area contributed by atoms with Crippen LogP contribution in [0.15, 0.2) is 18.5 Å². The van der Waals surface area contributed by atoms with Gasteiger partial charge in [-0.2, -0.15) is 0 Å². The number of nitrogens with one attached hydrogen (secondary N) is 1. The van der Waals surface area contributed by atoms with Crippen molar-refractivity contribution in [3.63, 3.8) is 0 Å². The van der Waals surface area contributed by atoms with Crippen LogP contribution in [0.5, 0.6) is 0 Å². The van der Waals surface area contributed by atoms with E-state index in [9.17, 15) is 4.79 Å². The molecule has 2 N–H and O–H groups in total. The van der Waals surface area contributed by atoms with E-state index >= 15 is 0 Å². The second-order valence-electron chi connectivity index (χ2n) is 3.64. The summed E-state index contributed by atoms with van der Waals surface area (Å²) < 4.78 is 0. The Labute approximate surface area is 89.3 Å². The van der Waals surface area contributed by atoms with Crippen molar-refractivity contribution < 1.29 is 9.90 Å². The average molecular weight is 208 g/mol. The number of nitrogens with zero attached hydrogens (tertiary/aromatic N) is 1. The van der Waals surface area contributed by atoms with E-state index in [2.05, 4.69) is 10.3 Å². The molecule has 1 amide bonds. The molecule has 0 unspecified atom stereocenters. The van der Waals surface area contributed by atoms with Crippen molar-refractivity contribution in [3.8, 4) is 0 Å². The van der Waals surface area contributed by atoms with Crippen LogP contribution in [0.25, 0.3) is 0 Å². The van der Waals surface area contributed by atoms with Crippen molar-refractivity contribution in [2.24, 2.45) is 0 Å². The van der Waals surface area contributed by atoms with E-state index in [1.54, 1.807) is 12.3 Å². The third kappa shape index (κ3) is 3.67. The summed E-state index contributed by atoms with van der Waals surface area (Å²) in [5, 5.41) is 11.5. The van der Waals surface area contributed by atoms with Gasteiger partial charge in [-0.15, -0.1) is 0 Å². The van der Waals surface area contributed by atoms with Crippen LogP contribution in [0.3, 0.4) is 0 Å². The minimum Gasteiger partial charge on any atom is -0.396 e. The molecule has 0 aliphatic carbocycles. The number of rotatable bonds is 4. The Hall–Kier alpha value is -1.42. The third-order valence-electron chi connectivity index (χ3n) is 2.08. The van der Waals surface area contributed by atoms with E-state index in [0.29, 0.717) is 12.0 Å². The van der Waals surface area contributed by atoms with Gasteiger partial charge in [0.1, 0.15) is 0 Å². The molecule has 15 heavy (non-hydrogen) atoms. The van der Waals surface area contributed by atoms with Crippen LogP contribution in [0.2, 0.25) is 0 Å². The van der Waals surface area contributed by atoms with Gasteiger partial charge in [-0.1, -0.05) is 0 Å². The second kappa shape index (κ2) is 5.46. The van der Waals surface area contributed by atoms with Gasteiger partial charge < -0.3 is 10.4 Å². The van der Waals surface area contributed by atoms with Gasteiger partial charge in [0.2, 0.25) is 0 Å². The van der Waals surface area contributed by atoms with Crippen LogP contribution in [0.4, 0.5) is 0 Å². The molecule has 1 aromatic heterocycles. The SMILES string of the molecule is Cc1cncc(C(=O)N[C@H](C)CCO)c1. The van der Waals surface area contributed by atoms with Gasteiger partial charge in [0.15, 0.2) is 0 Å². The summed E-state index contributed by atoms with van der Waals surface area (Å²) in [6.07, 6.45) is 3.80. The average Bonchev–Trinajstić information content (AvgIpc) is 2.18. The number of hydrogen-bond donors (Lipinski definition) is 2. The molecule has 0 bridgehead atoms. The summed E-state index contributed by atoms with van der Waals surface area (Å²) in [4.78, 5) is 15.6. The Morgan fingerprint density at radius 3 is 2.93 bits per heavy atom. The van der Waals surface area contributed by atoms with Crippen molar-refractivity contribution in [1.82, 2.24) is 10.3 Å². The van der Waals surface area contributed by atoms with Crippen molar-refractivity contribution in [2.45, 2.75) is 26.3 Å². The Morgan fingerprint density at radius 1 is 1.60 bits per heavy atom. The predicted molar refractivity (Wildman–Crippen MR) is 57.6 cm³/mol. The number of aliphatic hydroxyl groups excluding tert-OH is 1. The maximum atomic E-state index is 11.6. The first-order valence-electron chi connectivity index (χ1n) is 4.97. The Bertz CT molecular complexity index is 339. The minimum atomic E-state index is -0.146. The molecule has 0 fully saturated rings. The number of aryl methyl sites for hydroxylation is 1. The fraction of sp³-hybridized carbons (Fsp3) is 0.455. The molecule has 1 rings (SSSR count). The topological polar surface area (TPSA) is 62.2 Å². The van der Waals surface area contributed by atoms with Crippen LogP contribution < -0.4 is 5.32 Å². The Morgan fingerprint density at radius 2 is 2.33 bits per heavy atom. The van der Waals surface area contributed by atoms with Crippen LogP contribution in [0.1, 0.15) is 29.3 Å². The highest BCUT2D eigenvalue weighted by atomic mass is 16.3. The highest BCUT2D eigenvalue weighted by Crippen LogP contribution is 2.02. The Kier molecular flexibility index (Phi) is 4.24. The lowest BCUT2D eigenvalue weighted by Crippen LogP contribution is -2.33. The molecule has 0 saturated heterocycles. The predicted octanol–water partition coefficient (Wildman–Crippen LogP) is 0.891. The lowest BCUT2D eigenvalue weighted by molar-refractivity contribution is 0.0934. The largest absolute Gasteiger partial charge is 0.396 e. The number of amides is 1. The number of pyridine rings is 1. The van der Waals surface area contributed by atoms with Crippen molar-refractivity contribution in [2.75, 3.05) is 6.61 Å². The van der Waals surface area contributed by atoms with Crippen LogP contribution in [-0.2, 0) is 0 Å². The zero-order valence-electron chi connectivity index (χ0n) is 9.03. The third-order valence-corrected chi connectivity index (χ3v) is 2.08. The molecule has 0 spiro atoms. The molecule has 0 aliphatic rings. The molecule has 0 saturated carbocycles. The summed E-state index contributed by atoms with van der Waals surface area (Å²) in [5.74, 6) is -0.146. The van der Waals surface area contributed by atoms with Gasteiger partial charge in [-0.25, -0.2) is 0 Å². The van der Waals surface area contributed by atoms with Crippen molar-refractivity contribution >= 4 is 5.91 Å². The molecule has 0 aliphatic heterocycles. The summed E-state index contributed by atoms with van der Waals surface area (Å²) >= 11 is 0. The highest BCUT2D eigenvalue weighted by Gasteiger charge is 2.09. The van der Waals surface area contributed by atoms with Crippen LogP contribution in [-0.4, -0.2) is 28.6 Å². The molecule has 0 radical (unpaired) electrons. The van der Waals surface area contributed by atoms with E-state index in [4.69, 9.17) is 5.11 Å². The van der Waals surface area contributed by atoms with E-state index in [1.165, 1.54) is 6.20 Å². The molecule has 1 aromatic rings. The van der Waals surface area contributed by atoms with Crippen molar-refractivity contribution in [1.29, 1.82) is 0 Å². The maximum absolute atomic E-state index is 11.6. The summed E-state index contributed by atoms with van der Waals surface area (Å²) in [6, 6.07) is 1.76. The summed E-state index contributed by atoms with van der Waals surface area (Å²) in [5.41, 5.74) is 1.51.